The molecule has 32 nitrogen and oxygen atoms in total. The maximum absolute atomic E-state index is 15.3. The van der Waals surface area contributed by atoms with Gasteiger partial charge in [-0.15, -0.1) is 56.7 Å². The maximum Gasteiger partial charge on any atom is 0.358 e. The van der Waals surface area contributed by atoms with Gasteiger partial charge in [-0.05, 0) is 72.5 Å². The molecule has 544 valence electrons. The molecule has 1 aromatic carbocycles. The number of aliphatic hydroxyl groups excluding tert-OH is 1. The van der Waals surface area contributed by atoms with Crippen molar-refractivity contribution in [3.8, 4) is 38.4 Å². The number of thiazole rings is 5. The molecular formula is C66H72N14O18S5. The molecule has 5 amide bonds. The Balaban J connectivity index is 0.958. The first-order valence-electron chi connectivity index (χ1n) is 32.6. The molecule has 2 saturated heterocycles. The van der Waals surface area contributed by atoms with Gasteiger partial charge in [-0.1, -0.05) is 12.1 Å². The molecule has 12 bridgehead atoms. The van der Waals surface area contributed by atoms with E-state index in [9.17, 15) is 29.7 Å². The Bertz CT molecular complexity index is 4610. The number of nitrogens with zero attached hydrogens (tertiary/aromatic N) is 9. The number of allylic oxidation sites excluding steroid dienone is 1. The molecule has 0 aliphatic carbocycles. The quantitative estimate of drug-likeness (QED) is 0.0476. The van der Waals surface area contributed by atoms with Crippen LogP contribution >= 0.6 is 56.7 Å². The summed E-state index contributed by atoms with van der Waals surface area (Å²) < 4.78 is 44.9. The summed E-state index contributed by atoms with van der Waals surface area (Å²) in [7, 11) is 6.24. The first-order valence-corrected chi connectivity index (χ1v) is 37.0. The van der Waals surface area contributed by atoms with E-state index in [1.165, 1.54) is 60.4 Å². The fraction of sp³-hybridized carbons (Fsp3) is 0.439. The fourth-order valence-electron chi connectivity index (χ4n) is 13.1. The Labute approximate surface area is 607 Å². The third-order valence-corrected chi connectivity index (χ3v) is 22.4. The normalized spacial score (nSPS) is 24.6. The van der Waals surface area contributed by atoms with Gasteiger partial charge in [0, 0.05) is 69.5 Å². The number of hydrogen-bond acceptors (Lipinski definition) is 31. The van der Waals surface area contributed by atoms with Gasteiger partial charge in [-0.2, -0.15) is 4.73 Å². The highest BCUT2D eigenvalue weighted by Crippen LogP contribution is 2.43. The Hall–Kier alpha value is -8.83. The van der Waals surface area contributed by atoms with Crippen molar-refractivity contribution in [2.24, 2.45) is 0 Å². The van der Waals surface area contributed by atoms with Crippen LogP contribution in [-0.2, 0) is 56.0 Å². The number of pyridine rings is 1. The van der Waals surface area contributed by atoms with E-state index in [1.807, 2.05) is 4.90 Å². The van der Waals surface area contributed by atoms with E-state index in [0.29, 0.717) is 42.6 Å². The zero-order chi connectivity index (χ0) is 72.7. The van der Waals surface area contributed by atoms with Crippen molar-refractivity contribution in [3.63, 3.8) is 0 Å². The molecule has 37 heteroatoms. The molecule has 5 aliphatic heterocycles. The van der Waals surface area contributed by atoms with Crippen LogP contribution in [0.3, 0.4) is 0 Å². The highest BCUT2D eigenvalue weighted by Gasteiger charge is 2.50. The molecule has 8 N–H and O–H groups in total. The number of aliphatic hydroxyl groups is 2. The van der Waals surface area contributed by atoms with E-state index in [0.717, 1.165) is 76.3 Å². The van der Waals surface area contributed by atoms with Gasteiger partial charge >= 0.3 is 11.9 Å². The van der Waals surface area contributed by atoms with E-state index in [-0.39, 0.29) is 99.6 Å². The highest BCUT2D eigenvalue weighted by atomic mass is 32.1. The van der Waals surface area contributed by atoms with Gasteiger partial charge in [0.25, 0.3) is 23.6 Å². The number of cyclic esters (lactones) is 2. The number of methoxy groups -OCH3 is 1. The summed E-state index contributed by atoms with van der Waals surface area (Å²) in [6.07, 6.45) is -6.67. The molecule has 2 fully saturated rings. The van der Waals surface area contributed by atoms with Gasteiger partial charge < -0.3 is 84.8 Å². The average Bonchev–Trinajstić information content (AvgIpc) is 1.63. The van der Waals surface area contributed by atoms with Crippen LogP contribution < -0.4 is 31.4 Å². The molecule has 12 heterocycles. The van der Waals surface area contributed by atoms with Crippen LogP contribution in [0, 0.1) is 0 Å². The standard InChI is InChI=1S/C66H72N14O18S5/c1-29(81)45-58(87)76-46(30(2)91-7)61-72-40(28-101-61)57(86)77-49-51-52(98-43-20-66(4,90)53(78(5)6)31(3)97-43)65(89)95-21-32-11-9-12-41-44(32)34(22-94-51)50(80(41)92-8)64(88)96-23-35(68-55(84)38-27-103-63(49)73-38)60-69-36(24-100-60)47-33(59-70-39(26-99-59)56(85)75-45)19-42(82)48(74-47)62-71-37(25-102-62)54(83)67-13-10-14-79-15-17-93-18-16-79/h9,11-12,19,24-29,31,35,43,45,49,51-53,81-82,90H,10,13-18,20-23H2,1-8H3,(H,67,83)(H,68,84)(H,75,85)(H,76,87)(H,77,86)/b46-30+. The number of carbonyl (C=O) groups is 7. The Morgan fingerprint density at radius 1 is 0.835 bits per heavy atom. The molecule has 0 radical (unpaired) electrons. The van der Waals surface area contributed by atoms with Gasteiger partial charge in [0.15, 0.2) is 18.1 Å². The minimum Gasteiger partial charge on any atom is -0.506 e. The number of ether oxygens (including phenoxy) is 7. The summed E-state index contributed by atoms with van der Waals surface area (Å²) in [5, 5.41) is 57.4. The topological polar surface area (TPSA) is 403 Å². The van der Waals surface area contributed by atoms with Crippen LogP contribution in [0.4, 0.5) is 0 Å². The first-order chi connectivity index (χ1) is 49.5. The number of likely N-dealkylation sites (N-methyl/N-ethyl adjacent to an activating group) is 1. The van der Waals surface area contributed by atoms with Crippen molar-refractivity contribution in [1.29, 1.82) is 0 Å². The second kappa shape index (κ2) is 30.5. The lowest BCUT2D eigenvalue weighted by Gasteiger charge is -2.48. The smallest absolute Gasteiger partial charge is 0.358 e. The third-order valence-electron chi connectivity index (χ3n) is 18.0. The Morgan fingerprint density at radius 3 is 2.26 bits per heavy atom. The zero-order valence-corrected chi connectivity index (χ0v) is 60.8. The second-order valence-corrected chi connectivity index (χ2v) is 29.6. The van der Waals surface area contributed by atoms with Crippen molar-refractivity contribution in [3.05, 3.63) is 112 Å². The number of rotatable bonds is 12. The highest BCUT2D eigenvalue weighted by molar-refractivity contribution is 7.14. The summed E-state index contributed by atoms with van der Waals surface area (Å²) >= 11 is 4.83. The van der Waals surface area contributed by atoms with Crippen LogP contribution in [0.5, 0.6) is 5.75 Å². The number of hydrogen-bond donors (Lipinski definition) is 8. The average molecular weight is 1510 g/mol. The molecule has 10 unspecified atom stereocenters. The summed E-state index contributed by atoms with van der Waals surface area (Å²) in [6, 6.07) is 1.28. The number of aromatic nitrogens is 7. The van der Waals surface area contributed by atoms with Crippen molar-refractivity contribution in [2.75, 3.05) is 74.3 Å². The van der Waals surface area contributed by atoms with E-state index in [4.69, 9.17) is 52.9 Å². The lowest BCUT2D eigenvalue weighted by Crippen LogP contribution is -2.62. The minimum atomic E-state index is -1.87. The molecule has 7 aromatic heterocycles. The lowest BCUT2D eigenvalue weighted by molar-refractivity contribution is -0.280. The first kappa shape index (κ1) is 72.5. The third kappa shape index (κ3) is 15.0. The number of morpholine rings is 1. The minimum absolute atomic E-state index is 0.0112. The van der Waals surface area contributed by atoms with Gasteiger partial charge in [-0.3, -0.25) is 28.9 Å². The van der Waals surface area contributed by atoms with E-state index < -0.39 is 128 Å². The largest absolute Gasteiger partial charge is 0.506 e. The molecule has 0 spiro atoms. The zero-order valence-electron chi connectivity index (χ0n) is 56.7. The summed E-state index contributed by atoms with van der Waals surface area (Å²) in [6.45, 7) is 8.63. The van der Waals surface area contributed by atoms with Crippen LogP contribution in [0.1, 0.15) is 131 Å². The maximum atomic E-state index is 15.3. The van der Waals surface area contributed by atoms with Gasteiger partial charge in [0.2, 0.25) is 5.91 Å². The number of amides is 5. The van der Waals surface area contributed by atoms with E-state index >= 15 is 19.2 Å². The predicted octanol–water partition coefficient (Wildman–Crippen LogP) is 4.44. The predicted molar refractivity (Wildman–Crippen MR) is 374 cm³/mol. The number of aromatic hydroxyl groups is 1. The molecular weight excluding hydrogens is 1440 g/mol. The second-order valence-electron chi connectivity index (χ2n) is 25.3. The number of carbonyl (C=O) groups excluding carboxylic acids is 7. The van der Waals surface area contributed by atoms with Crippen LogP contribution in [0.15, 0.2) is 56.9 Å². The van der Waals surface area contributed by atoms with Crippen LogP contribution in [-0.4, -0.2) is 224 Å². The molecule has 13 rings (SSSR count). The molecule has 10 atom stereocenters. The fourth-order valence-corrected chi connectivity index (χ4v) is 17.2. The molecule has 0 saturated carbocycles. The SMILES string of the molecule is CO/C(C)=C1/NC(=O)C(C(C)O)NC(=O)c2csc(n2)-c2cc(O)c(-c3nc(C(=O)NCCCN4CCOCC4)cs3)nc2-c2csc(n2)C2COC(=O)c3c4c5c(cccc5n3OC)COC(=O)C(OC3CC(C)(O)C(N(C)C)C(C)O3)C(OC4)C(NC(=O)c3csc1n3)c1nc(cs1)C(=O)N2. The lowest BCUT2D eigenvalue weighted by atomic mass is 9.85. The number of fused-ring (bicyclic) bond motifs is 15. The molecule has 8 aromatic rings. The number of benzene rings is 1. The van der Waals surface area contributed by atoms with Crippen molar-refractivity contribution >= 4 is 115 Å². The van der Waals surface area contributed by atoms with Crippen molar-refractivity contribution in [1.82, 2.24) is 71.0 Å². The van der Waals surface area contributed by atoms with Gasteiger partial charge in [0.05, 0.1) is 56.3 Å². The Kier molecular flexibility index (Phi) is 21.5. The van der Waals surface area contributed by atoms with E-state index in [2.05, 4.69) is 46.4 Å². The van der Waals surface area contributed by atoms with Gasteiger partial charge in [-0.25, -0.2) is 39.5 Å². The van der Waals surface area contributed by atoms with Gasteiger partial charge in [0.1, 0.15) is 127 Å². The summed E-state index contributed by atoms with van der Waals surface area (Å²) in [5.41, 5.74) is -1.19. The Morgan fingerprint density at radius 2 is 1.52 bits per heavy atom. The van der Waals surface area contributed by atoms with Crippen LogP contribution in [0.2, 0.25) is 0 Å². The molecule has 5 aliphatic rings. The van der Waals surface area contributed by atoms with E-state index in [1.54, 1.807) is 51.5 Å². The summed E-state index contributed by atoms with van der Waals surface area (Å²) in [4.78, 5) is 142. The van der Waals surface area contributed by atoms with Crippen molar-refractivity contribution in [2.45, 2.75) is 114 Å². The van der Waals surface area contributed by atoms with Crippen LogP contribution in [0.25, 0.3) is 49.3 Å². The number of esters is 2. The monoisotopic (exact) mass is 1510 g/mol. The number of nitrogens with one attached hydrogen (secondary N) is 5. The van der Waals surface area contributed by atoms with Crippen molar-refractivity contribution < 1.29 is 86.9 Å². The molecule has 103 heavy (non-hydrogen) atoms. The summed E-state index contributed by atoms with van der Waals surface area (Å²) in [5.74, 6) is -6.34.